The van der Waals surface area contributed by atoms with Gasteiger partial charge in [0.2, 0.25) is 5.91 Å². The Kier molecular flexibility index (Phi) is 6.54. The van der Waals surface area contributed by atoms with Crippen LogP contribution >= 0.6 is 11.3 Å². The number of carbonyl (C=O) groups excluding carboxylic acids is 1. The number of hydrogen-bond donors (Lipinski definition) is 1. The fourth-order valence-corrected chi connectivity index (χ4v) is 5.68. The molecule has 2 aliphatic heterocycles. The van der Waals surface area contributed by atoms with Crippen LogP contribution in [-0.4, -0.2) is 53.5 Å². The topological polar surface area (TPSA) is 61.4 Å². The molecule has 1 unspecified atom stereocenters. The Morgan fingerprint density at radius 3 is 2.58 bits per heavy atom. The lowest BCUT2D eigenvalue weighted by molar-refractivity contribution is -0.128. The summed E-state index contributed by atoms with van der Waals surface area (Å²) in [6.45, 7) is 16.1. The summed E-state index contributed by atoms with van der Waals surface area (Å²) < 4.78 is 0. The van der Waals surface area contributed by atoms with Gasteiger partial charge in [0.1, 0.15) is 16.5 Å². The van der Waals surface area contributed by atoms with E-state index in [1.165, 1.54) is 28.7 Å². The zero-order valence-electron chi connectivity index (χ0n) is 19.8. The summed E-state index contributed by atoms with van der Waals surface area (Å²) in [4.78, 5) is 29.8. The average Bonchev–Trinajstić information content (AvgIpc) is 3.33. The highest BCUT2D eigenvalue weighted by atomic mass is 32.1. The number of carbonyl (C=O) groups is 1. The van der Waals surface area contributed by atoms with Gasteiger partial charge in [0.25, 0.3) is 0 Å². The van der Waals surface area contributed by atoms with Gasteiger partial charge in [-0.25, -0.2) is 9.97 Å². The number of nitrogens with one attached hydrogen (secondary N) is 1. The Morgan fingerprint density at radius 2 is 1.87 bits per heavy atom. The summed E-state index contributed by atoms with van der Waals surface area (Å²) in [5.41, 5.74) is 0.967. The Labute approximate surface area is 190 Å². The molecule has 170 valence electrons. The number of thiophene rings is 1. The van der Waals surface area contributed by atoms with Crippen LogP contribution in [0.25, 0.3) is 10.2 Å². The van der Waals surface area contributed by atoms with E-state index in [1.54, 1.807) is 11.3 Å². The number of aromatic nitrogens is 2. The first-order chi connectivity index (χ1) is 14.7. The van der Waals surface area contributed by atoms with Gasteiger partial charge >= 0.3 is 0 Å². The van der Waals surface area contributed by atoms with Gasteiger partial charge in [0.15, 0.2) is 0 Å². The van der Waals surface area contributed by atoms with Crippen LogP contribution in [0, 0.1) is 25.2 Å². The van der Waals surface area contributed by atoms with Gasteiger partial charge in [0, 0.05) is 29.9 Å². The molecule has 7 heteroatoms. The largest absolute Gasteiger partial charge is 0.356 e. The molecule has 0 saturated carbocycles. The highest BCUT2D eigenvalue weighted by molar-refractivity contribution is 7.18. The molecule has 1 N–H and O–H groups in total. The highest BCUT2D eigenvalue weighted by Crippen LogP contribution is 2.36. The van der Waals surface area contributed by atoms with Crippen LogP contribution in [0.4, 0.5) is 5.82 Å². The second-order valence-corrected chi connectivity index (χ2v) is 11.5. The molecule has 2 saturated heterocycles. The molecule has 0 spiro atoms. The molecule has 0 aromatic carbocycles. The van der Waals surface area contributed by atoms with E-state index in [2.05, 4.69) is 29.0 Å². The summed E-state index contributed by atoms with van der Waals surface area (Å²) in [5, 5.41) is 4.40. The molecular formula is C24H37N5OS. The molecule has 6 nitrogen and oxygen atoms in total. The molecular weight excluding hydrogens is 406 g/mol. The molecule has 0 bridgehead atoms. The first-order valence-electron chi connectivity index (χ1n) is 11.7. The molecule has 0 aliphatic carbocycles. The predicted molar refractivity (Wildman–Crippen MR) is 129 cm³/mol. The predicted octanol–water partition coefficient (Wildman–Crippen LogP) is 4.28. The maximum absolute atomic E-state index is 12.3. The Morgan fingerprint density at radius 1 is 1.13 bits per heavy atom. The second kappa shape index (κ2) is 9.02. The molecule has 31 heavy (non-hydrogen) atoms. The van der Waals surface area contributed by atoms with E-state index in [9.17, 15) is 4.79 Å². The third-order valence-corrected chi connectivity index (χ3v) is 7.77. The quantitative estimate of drug-likeness (QED) is 0.747. The molecule has 2 fully saturated rings. The van der Waals surface area contributed by atoms with Crippen molar-refractivity contribution in [3.8, 4) is 0 Å². The van der Waals surface area contributed by atoms with Crippen molar-refractivity contribution in [1.29, 1.82) is 0 Å². The maximum atomic E-state index is 12.3. The van der Waals surface area contributed by atoms with Crippen molar-refractivity contribution in [3.05, 3.63) is 16.3 Å². The van der Waals surface area contributed by atoms with Crippen LogP contribution in [0.15, 0.2) is 0 Å². The van der Waals surface area contributed by atoms with E-state index in [4.69, 9.17) is 9.97 Å². The number of anilines is 1. The zero-order chi connectivity index (χ0) is 22.2. The monoisotopic (exact) mass is 443 g/mol. The van der Waals surface area contributed by atoms with E-state index in [-0.39, 0.29) is 11.3 Å². The van der Waals surface area contributed by atoms with Crippen molar-refractivity contribution >= 4 is 33.3 Å². The number of likely N-dealkylation sites (tertiary alicyclic amines) is 1. The lowest BCUT2D eigenvalue weighted by Gasteiger charge is -2.35. The smallest absolute Gasteiger partial charge is 0.225 e. The lowest BCUT2D eigenvalue weighted by Crippen LogP contribution is -2.44. The molecule has 2 aromatic rings. The van der Waals surface area contributed by atoms with Crippen LogP contribution in [0.3, 0.4) is 0 Å². The van der Waals surface area contributed by atoms with Gasteiger partial charge in [-0.15, -0.1) is 11.3 Å². The van der Waals surface area contributed by atoms with Crippen molar-refractivity contribution in [3.63, 3.8) is 0 Å². The highest BCUT2D eigenvalue weighted by Gasteiger charge is 2.27. The van der Waals surface area contributed by atoms with Crippen LogP contribution < -0.4 is 10.2 Å². The van der Waals surface area contributed by atoms with Crippen molar-refractivity contribution in [2.75, 3.05) is 37.6 Å². The summed E-state index contributed by atoms with van der Waals surface area (Å²) in [7, 11) is 0. The van der Waals surface area contributed by atoms with Crippen LogP contribution in [0.2, 0.25) is 0 Å². The van der Waals surface area contributed by atoms with Gasteiger partial charge in [0.05, 0.1) is 11.9 Å². The normalized spacial score (nSPS) is 20.5. The lowest BCUT2D eigenvalue weighted by atomic mass is 9.94. The van der Waals surface area contributed by atoms with Crippen LogP contribution in [-0.2, 0) is 11.3 Å². The van der Waals surface area contributed by atoms with Gasteiger partial charge in [-0.2, -0.15) is 0 Å². The van der Waals surface area contributed by atoms with Crippen molar-refractivity contribution < 1.29 is 4.79 Å². The number of hydrogen-bond acceptors (Lipinski definition) is 6. The van der Waals surface area contributed by atoms with Crippen molar-refractivity contribution in [1.82, 2.24) is 20.2 Å². The minimum atomic E-state index is -0.344. The molecule has 2 aliphatic rings. The number of aryl methyl sites for hydroxylation is 2. The van der Waals surface area contributed by atoms with E-state index in [0.717, 1.165) is 68.6 Å². The number of fused-ring (bicyclic) bond motifs is 1. The number of piperidine rings is 1. The first-order valence-corrected chi connectivity index (χ1v) is 12.6. The molecule has 1 atom stereocenters. The van der Waals surface area contributed by atoms with Crippen molar-refractivity contribution in [2.45, 2.75) is 66.8 Å². The van der Waals surface area contributed by atoms with E-state index < -0.39 is 0 Å². The first kappa shape index (κ1) is 22.5. The second-order valence-electron chi connectivity index (χ2n) is 10.3. The standard InChI is InChI=1S/C24H37N5OS/c1-16-17(2)31-22-20(16)21(26-19(27-22)15-28-10-6-7-11-28)29-12-8-9-18(14-29)13-25-23(30)24(3,4)5/h18H,6-15H2,1-5H3,(H,25,30). The van der Waals surface area contributed by atoms with Gasteiger partial charge in [-0.1, -0.05) is 20.8 Å². The Hall–Kier alpha value is -1.73. The molecule has 2 aromatic heterocycles. The van der Waals surface area contributed by atoms with Crippen LogP contribution in [0.5, 0.6) is 0 Å². The Bertz CT molecular complexity index is 942. The van der Waals surface area contributed by atoms with E-state index in [0.29, 0.717) is 5.92 Å². The maximum Gasteiger partial charge on any atom is 0.225 e. The zero-order valence-corrected chi connectivity index (χ0v) is 20.6. The summed E-state index contributed by atoms with van der Waals surface area (Å²) >= 11 is 1.79. The summed E-state index contributed by atoms with van der Waals surface area (Å²) in [6, 6.07) is 0. The Balaban J connectivity index is 1.57. The number of nitrogens with zero attached hydrogens (tertiary/aromatic N) is 4. The summed E-state index contributed by atoms with van der Waals surface area (Å²) in [6.07, 6.45) is 4.84. The van der Waals surface area contributed by atoms with E-state index in [1.807, 2.05) is 20.8 Å². The van der Waals surface area contributed by atoms with E-state index >= 15 is 0 Å². The average molecular weight is 444 g/mol. The number of amides is 1. The fourth-order valence-electron chi connectivity index (χ4n) is 4.64. The third-order valence-electron chi connectivity index (χ3n) is 6.67. The van der Waals surface area contributed by atoms with Gasteiger partial charge in [-0.05, 0) is 64.1 Å². The van der Waals surface area contributed by atoms with Gasteiger partial charge < -0.3 is 10.2 Å². The molecule has 4 rings (SSSR count). The molecule has 0 radical (unpaired) electrons. The van der Waals surface area contributed by atoms with Crippen LogP contribution in [0.1, 0.15) is 62.7 Å². The third kappa shape index (κ3) is 5.03. The van der Waals surface area contributed by atoms with Gasteiger partial charge in [-0.3, -0.25) is 9.69 Å². The van der Waals surface area contributed by atoms with Crippen molar-refractivity contribution in [2.24, 2.45) is 11.3 Å². The summed E-state index contributed by atoms with van der Waals surface area (Å²) in [5.74, 6) is 2.64. The fraction of sp³-hybridized carbons (Fsp3) is 0.708. The minimum absolute atomic E-state index is 0.131. The SMILES string of the molecule is Cc1sc2nc(CN3CCCC3)nc(N3CCCC(CNC(=O)C(C)(C)C)C3)c2c1C. The molecule has 1 amide bonds. The minimum Gasteiger partial charge on any atom is -0.356 e. The number of rotatable bonds is 5. The molecule has 4 heterocycles.